The fourth-order valence-electron chi connectivity index (χ4n) is 1.94. The second-order valence-corrected chi connectivity index (χ2v) is 5.64. The normalized spacial score (nSPS) is 11.1. The third-order valence-electron chi connectivity index (χ3n) is 2.95. The Hall–Kier alpha value is -1.59. The summed E-state index contributed by atoms with van der Waals surface area (Å²) in [7, 11) is 1.95. The smallest absolute Gasteiger partial charge is 0.183 e. The summed E-state index contributed by atoms with van der Waals surface area (Å²) in [4.78, 5) is 4.52. The third-order valence-corrected chi connectivity index (χ3v) is 4.44. The van der Waals surface area contributed by atoms with Crippen LogP contribution in [0.15, 0.2) is 30.5 Å². The fraction of sp³-hybridized carbons (Fsp3) is 0.231. The number of nitrogens with one attached hydrogen (secondary N) is 1. The van der Waals surface area contributed by atoms with E-state index >= 15 is 0 Å². The van der Waals surface area contributed by atoms with E-state index in [1.807, 2.05) is 42.2 Å². The van der Waals surface area contributed by atoms with Crippen LogP contribution in [0.5, 0.6) is 0 Å². The van der Waals surface area contributed by atoms with Gasteiger partial charge in [-0.05, 0) is 18.2 Å². The van der Waals surface area contributed by atoms with E-state index in [1.165, 1.54) is 5.69 Å². The van der Waals surface area contributed by atoms with Gasteiger partial charge in [0.25, 0.3) is 0 Å². The fourth-order valence-corrected chi connectivity index (χ4v) is 3.12. The summed E-state index contributed by atoms with van der Waals surface area (Å²) in [5, 5.41) is 9.15. The van der Waals surface area contributed by atoms with Gasteiger partial charge in [0.2, 0.25) is 0 Å². The Kier molecular flexibility index (Phi) is 3.40. The molecule has 0 unspecified atom stereocenters. The molecule has 0 aliphatic carbocycles. The van der Waals surface area contributed by atoms with Crippen molar-refractivity contribution in [2.45, 2.75) is 6.42 Å². The summed E-state index contributed by atoms with van der Waals surface area (Å²) >= 11 is 7.73. The highest BCUT2D eigenvalue weighted by molar-refractivity contribution is 7.22. The second kappa shape index (κ2) is 5.19. The Balaban J connectivity index is 1.69. The van der Waals surface area contributed by atoms with Gasteiger partial charge in [0, 0.05) is 31.9 Å². The minimum Gasteiger partial charge on any atom is -0.361 e. The molecule has 0 aliphatic heterocycles. The van der Waals surface area contributed by atoms with E-state index in [9.17, 15) is 0 Å². The van der Waals surface area contributed by atoms with E-state index in [0.29, 0.717) is 0 Å². The van der Waals surface area contributed by atoms with Crippen molar-refractivity contribution in [2.24, 2.45) is 7.05 Å². The van der Waals surface area contributed by atoms with Gasteiger partial charge >= 0.3 is 0 Å². The first kappa shape index (κ1) is 12.4. The van der Waals surface area contributed by atoms with Gasteiger partial charge in [0.1, 0.15) is 0 Å². The SMILES string of the molecule is Cn1nccc1CCNc1nc2cccc(Cl)c2s1. The molecule has 19 heavy (non-hydrogen) atoms. The van der Waals surface area contributed by atoms with Crippen LogP contribution < -0.4 is 5.32 Å². The maximum absolute atomic E-state index is 6.14. The number of aryl methyl sites for hydroxylation is 1. The van der Waals surface area contributed by atoms with Crippen LogP contribution in [0.1, 0.15) is 5.69 Å². The highest BCUT2D eigenvalue weighted by Gasteiger charge is 2.06. The molecule has 3 aromatic rings. The Morgan fingerprint density at radius 1 is 1.37 bits per heavy atom. The number of hydrogen-bond acceptors (Lipinski definition) is 4. The molecule has 98 valence electrons. The van der Waals surface area contributed by atoms with Crippen molar-refractivity contribution < 1.29 is 0 Å². The second-order valence-electron chi connectivity index (χ2n) is 4.23. The molecule has 0 saturated heterocycles. The average Bonchev–Trinajstić information content (AvgIpc) is 2.97. The van der Waals surface area contributed by atoms with E-state index in [1.54, 1.807) is 11.3 Å². The number of anilines is 1. The van der Waals surface area contributed by atoms with Gasteiger partial charge < -0.3 is 5.32 Å². The van der Waals surface area contributed by atoms with Crippen LogP contribution in [0.3, 0.4) is 0 Å². The van der Waals surface area contributed by atoms with Crippen molar-refractivity contribution in [1.29, 1.82) is 0 Å². The van der Waals surface area contributed by atoms with E-state index < -0.39 is 0 Å². The van der Waals surface area contributed by atoms with Crippen LogP contribution in [0.2, 0.25) is 5.02 Å². The number of rotatable bonds is 4. The summed E-state index contributed by atoms with van der Waals surface area (Å²) in [5.74, 6) is 0. The number of nitrogens with zero attached hydrogens (tertiary/aromatic N) is 3. The van der Waals surface area contributed by atoms with E-state index in [4.69, 9.17) is 11.6 Å². The summed E-state index contributed by atoms with van der Waals surface area (Å²) in [5.41, 5.74) is 2.15. The number of hydrogen-bond donors (Lipinski definition) is 1. The van der Waals surface area contributed by atoms with Crippen LogP contribution in [0, 0.1) is 0 Å². The largest absolute Gasteiger partial charge is 0.361 e. The van der Waals surface area contributed by atoms with Gasteiger partial charge in [-0.2, -0.15) is 5.10 Å². The molecule has 0 saturated carbocycles. The molecule has 0 fully saturated rings. The average molecular weight is 293 g/mol. The number of aromatic nitrogens is 3. The maximum atomic E-state index is 6.14. The van der Waals surface area contributed by atoms with E-state index in [0.717, 1.165) is 33.3 Å². The lowest BCUT2D eigenvalue weighted by molar-refractivity contribution is 0.711. The summed E-state index contributed by atoms with van der Waals surface area (Å²) in [6.07, 6.45) is 2.73. The summed E-state index contributed by atoms with van der Waals surface area (Å²) in [6.45, 7) is 0.830. The highest BCUT2D eigenvalue weighted by atomic mass is 35.5. The first-order chi connectivity index (χ1) is 9.24. The van der Waals surface area contributed by atoms with Gasteiger partial charge in [0.05, 0.1) is 15.2 Å². The zero-order chi connectivity index (χ0) is 13.2. The minimum absolute atomic E-state index is 0.759. The van der Waals surface area contributed by atoms with Crippen molar-refractivity contribution in [3.05, 3.63) is 41.2 Å². The molecular formula is C13H13ClN4S. The predicted molar refractivity (Wildman–Crippen MR) is 80.0 cm³/mol. The predicted octanol–water partition coefficient (Wildman–Crippen LogP) is 3.34. The first-order valence-electron chi connectivity index (χ1n) is 6.00. The van der Waals surface area contributed by atoms with Gasteiger partial charge in [-0.15, -0.1) is 0 Å². The van der Waals surface area contributed by atoms with Crippen LogP contribution >= 0.6 is 22.9 Å². The molecule has 0 bridgehead atoms. The zero-order valence-electron chi connectivity index (χ0n) is 10.4. The molecule has 1 N–H and O–H groups in total. The topological polar surface area (TPSA) is 42.7 Å². The monoisotopic (exact) mass is 292 g/mol. The van der Waals surface area contributed by atoms with Crippen LogP contribution in [0.25, 0.3) is 10.2 Å². The van der Waals surface area contributed by atoms with Gasteiger partial charge in [-0.3, -0.25) is 4.68 Å². The molecule has 1 aromatic carbocycles. The van der Waals surface area contributed by atoms with E-state index in [2.05, 4.69) is 15.4 Å². The summed E-state index contributed by atoms with van der Waals surface area (Å²) in [6, 6.07) is 7.81. The molecule has 0 radical (unpaired) electrons. The molecular weight excluding hydrogens is 280 g/mol. The van der Waals surface area contributed by atoms with Crippen LogP contribution in [-0.4, -0.2) is 21.3 Å². The standard InChI is InChI=1S/C13H13ClN4S/c1-18-9(6-8-16-18)5-7-15-13-17-11-4-2-3-10(14)12(11)19-13/h2-4,6,8H,5,7H2,1H3,(H,15,17). The van der Waals surface area contributed by atoms with Crippen LogP contribution in [0.4, 0.5) is 5.13 Å². The summed E-state index contributed by atoms with van der Waals surface area (Å²) < 4.78 is 2.92. The quantitative estimate of drug-likeness (QED) is 0.802. The molecule has 4 nitrogen and oxygen atoms in total. The minimum atomic E-state index is 0.759. The van der Waals surface area contributed by atoms with Gasteiger partial charge in [-0.1, -0.05) is 29.0 Å². The van der Waals surface area contributed by atoms with Crippen molar-refractivity contribution >= 4 is 38.3 Å². The highest BCUT2D eigenvalue weighted by Crippen LogP contribution is 2.31. The zero-order valence-corrected chi connectivity index (χ0v) is 12.0. The Labute approximate surface area is 120 Å². The van der Waals surface area contributed by atoms with Gasteiger partial charge in [-0.25, -0.2) is 4.98 Å². The Morgan fingerprint density at radius 2 is 2.26 bits per heavy atom. The maximum Gasteiger partial charge on any atom is 0.183 e. The lowest BCUT2D eigenvalue weighted by Crippen LogP contribution is -2.07. The van der Waals surface area contributed by atoms with Gasteiger partial charge in [0.15, 0.2) is 5.13 Å². The molecule has 0 atom stereocenters. The number of fused-ring (bicyclic) bond motifs is 1. The molecule has 2 aromatic heterocycles. The molecule has 0 aliphatic rings. The first-order valence-corrected chi connectivity index (χ1v) is 7.19. The molecule has 0 amide bonds. The molecule has 3 rings (SSSR count). The van der Waals surface area contributed by atoms with Crippen molar-refractivity contribution in [3.63, 3.8) is 0 Å². The molecule has 2 heterocycles. The number of thiazole rings is 1. The molecule has 0 spiro atoms. The van der Waals surface area contributed by atoms with Crippen molar-refractivity contribution in [2.75, 3.05) is 11.9 Å². The Bertz CT molecular complexity index is 704. The van der Waals surface area contributed by atoms with E-state index in [-0.39, 0.29) is 0 Å². The van der Waals surface area contributed by atoms with Crippen molar-refractivity contribution in [1.82, 2.24) is 14.8 Å². The van der Waals surface area contributed by atoms with Crippen LogP contribution in [-0.2, 0) is 13.5 Å². The lowest BCUT2D eigenvalue weighted by atomic mass is 10.3. The molecule has 6 heteroatoms. The number of halogens is 1. The number of benzene rings is 1. The Morgan fingerprint density at radius 3 is 3.00 bits per heavy atom. The van der Waals surface area contributed by atoms with Crippen molar-refractivity contribution in [3.8, 4) is 0 Å². The lowest BCUT2D eigenvalue weighted by Gasteiger charge is -2.02. The third kappa shape index (κ3) is 2.57.